The molecule has 1 saturated heterocycles. The van der Waals surface area contributed by atoms with Crippen LogP contribution in [-0.4, -0.2) is 39.1 Å². The van der Waals surface area contributed by atoms with Gasteiger partial charge in [0.05, 0.1) is 22.8 Å². The third-order valence-electron chi connectivity index (χ3n) is 3.56. The average molecular weight is 282 g/mol. The van der Waals surface area contributed by atoms with Gasteiger partial charge in [-0.05, 0) is 26.7 Å². The summed E-state index contributed by atoms with van der Waals surface area (Å²) in [7, 11) is 0. The monoisotopic (exact) mass is 282 g/mol. The van der Waals surface area contributed by atoms with Gasteiger partial charge in [-0.1, -0.05) is 13.8 Å². The fourth-order valence-electron chi connectivity index (χ4n) is 2.54. The van der Waals surface area contributed by atoms with Crippen molar-refractivity contribution >= 4 is 17.2 Å². The summed E-state index contributed by atoms with van der Waals surface area (Å²) in [5.41, 5.74) is -0.849. The fraction of sp³-hybridized carbons (Fsp3) is 0.714. The Hall–Kier alpha value is -0.940. The van der Waals surface area contributed by atoms with Crippen molar-refractivity contribution in [1.82, 2.24) is 9.88 Å². The van der Waals surface area contributed by atoms with Crippen LogP contribution in [0.1, 0.15) is 61.1 Å². The molecule has 19 heavy (non-hydrogen) atoms. The van der Waals surface area contributed by atoms with E-state index in [1.165, 1.54) is 11.3 Å². The van der Waals surface area contributed by atoms with Crippen LogP contribution in [0.3, 0.4) is 0 Å². The first kappa shape index (κ1) is 14.5. The summed E-state index contributed by atoms with van der Waals surface area (Å²) in [6.45, 7) is 8.42. The molecule has 1 atom stereocenters. The van der Waals surface area contributed by atoms with Crippen LogP contribution in [0.25, 0.3) is 0 Å². The number of rotatable bonds is 3. The summed E-state index contributed by atoms with van der Waals surface area (Å²) in [5.74, 6) is 0.351. The fourth-order valence-corrected chi connectivity index (χ4v) is 3.42. The van der Waals surface area contributed by atoms with Gasteiger partial charge >= 0.3 is 0 Å². The van der Waals surface area contributed by atoms with E-state index in [1.807, 2.05) is 0 Å². The van der Waals surface area contributed by atoms with E-state index in [0.29, 0.717) is 10.8 Å². The van der Waals surface area contributed by atoms with Crippen molar-refractivity contribution in [3.63, 3.8) is 0 Å². The zero-order valence-corrected chi connectivity index (χ0v) is 12.8. The van der Waals surface area contributed by atoms with Crippen LogP contribution in [0.2, 0.25) is 0 Å². The Morgan fingerprint density at radius 3 is 2.79 bits per heavy atom. The highest BCUT2D eigenvalue weighted by molar-refractivity contribution is 7.13. The molecule has 1 N–H and O–H groups in total. The number of aliphatic hydroxyl groups is 1. The molecule has 2 rings (SSSR count). The largest absolute Gasteiger partial charge is 0.388 e. The summed E-state index contributed by atoms with van der Waals surface area (Å²) in [6.07, 6.45) is 3.49. The minimum Gasteiger partial charge on any atom is -0.388 e. The summed E-state index contributed by atoms with van der Waals surface area (Å²) in [4.78, 5) is 19.3. The first-order valence-corrected chi connectivity index (χ1v) is 7.61. The number of thiazole rings is 1. The van der Waals surface area contributed by atoms with Crippen molar-refractivity contribution in [1.29, 1.82) is 0 Å². The first-order chi connectivity index (χ1) is 8.80. The molecule has 0 spiro atoms. The summed E-state index contributed by atoms with van der Waals surface area (Å²) < 4.78 is 0. The van der Waals surface area contributed by atoms with Gasteiger partial charge in [0.1, 0.15) is 4.88 Å². The van der Waals surface area contributed by atoms with Gasteiger partial charge in [0.25, 0.3) is 5.91 Å². The maximum Gasteiger partial charge on any atom is 0.265 e. The minimum absolute atomic E-state index is 0.00836. The lowest BCUT2D eigenvalue weighted by Gasteiger charge is -2.33. The predicted molar refractivity (Wildman–Crippen MR) is 76.6 cm³/mol. The van der Waals surface area contributed by atoms with Crippen molar-refractivity contribution in [2.75, 3.05) is 6.54 Å². The molecule has 1 aromatic rings. The molecule has 2 heterocycles. The van der Waals surface area contributed by atoms with Crippen LogP contribution in [0.4, 0.5) is 0 Å². The first-order valence-electron chi connectivity index (χ1n) is 6.79. The normalized spacial score (nSPS) is 20.3. The van der Waals surface area contributed by atoms with E-state index in [0.717, 1.165) is 24.4 Å². The zero-order valence-electron chi connectivity index (χ0n) is 12.0. The van der Waals surface area contributed by atoms with E-state index in [4.69, 9.17) is 0 Å². The number of amides is 1. The third kappa shape index (κ3) is 2.98. The molecule has 0 saturated carbocycles. The van der Waals surface area contributed by atoms with Crippen LogP contribution in [0, 0.1) is 0 Å². The predicted octanol–water partition coefficient (Wildman–Crippen LogP) is 2.64. The van der Waals surface area contributed by atoms with Gasteiger partial charge in [0, 0.05) is 12.5 Å². The quantitative estimate of drug-likeness (QED) is 0.927. The van der Waals surface area contributed by atoms with Gasteiger partial charge in [0.15, 0.2) is 0 Å². The molecular weight excluding hydrogens is 260 g/mol. The third-order valence-corrected chi connectivity index (χ3v) is 4.84. The van der Waals surface area contributed by atoms with Crippen molar-refractivity contribution < 1.29 is 9.90 Å². The number of aromatic nitrogens is 1. The summed E-state index contributed by atoms with van der Waals surface area (Å²) in [5, 5.41) is 11.2. The van der Waals surface area contributed by atoms with Crippen molar-refractivity contribution in [3.8, 4) is 0 Å². The zero-order chi connectivity index (χ0) is 14.2. The average Bonchev–Trinajstić information content (AvgIpc) is 2.96. The van der Waals surface area contributed by atoms with Gasteiger partial charge in [0.2, 0.25) is 0 Å². The van der Waals surface area contributed by atoms with Crippen molar-refractivity contribution in [2.45, 2.75) is 58.1 Å². The number of likely N-dealkylation sites (tertiary alicyclic amines) is 1. The topological polar surface area (TPSA) is 53.4 Å². The number of hydrogen-bond acceptors (Lipinski definition) is 4. The van der Waals surface area contributed by atoms with E-state index in [2.05, 4.69) is 18.8 Å². The number of carbonyl (C=O) groups excluding carboxylic acids is 1. The molecule has 1 aromatic heterocycles. The molecule has 1 aliphatic heterocycles. The Labute approximate surface area is 118 Å². The second-order valence-electron chi connectivity index (χ2n) is 6.03. The lowest BCUT2D eigenvalue weighted by atomic mass is 9.96. The Bertz CT molecular complexity index is 462. The van der Waals surface area contributed by atoms with Crippen LogP contribution in [0.5, 0.6) is 0 Å². The Kier molecular flexibility index (Phi) is 3.97. The highest BCUT2D eigenvalue weighted by Gasteiger charge is 2.39. The molecule has 1 fully saturated rings. The highest BCUT2D eigenvalue weighted by Crippen LogP contribution is 2.30. The molecule has 1 amide bonds. The van der Waals surface area contributed by atoms with E-state index in [-0.39, 0.29) is 11.9 Å². The molecule has 0 radical (unpaired) electrons. The lowest BCUT2D eigenvalue weighted by Crippen LogP contribution is -2.48. The number of hydrogen-bond donors (Lipinski definition) is 1. The minimum atomic E-state index is -0.849. The molecule has 0 aliphatic carbocycles. The van der Waals surface area contributed by atoms with Crippen LogP contribution in [-0.2, 0) is 0 Å². The molecule has 1 aliphatic rings. The van der Waals surface area contributed by atoms with Gasteiger partial charge in [-0.2, -0.15) is 0 Å². The van der Waals surface area contributed by atoms with Crippen molar-refractivity contribution in [3.05, 3.63) is 16.1 Å². The van der Waals surface area contributed by atoms with Crippen LogP contribution < -0.4 is 0 Å². The summed E-state index contributed by atoms with van der Waals surface area (Å²) >= 11 is 1.46. The Morgan fingerprint density at radius 2 is 2.26 bits per heavy atom. The van der Waals surface area contributed by atoms with Crippen molar-refractivity contribution in [2.24, 2.45) is 0 Å². The molecule has 0 bridgehead atoms. The van der Waals surface area contributed by atoms with E-state index in [9.17, 15) is 9.90 Å². The highest BCUT2D eigenvalue weighted by atomic mass is 32.1. The Morgan fingerprint density at radius 1 is 1.58 bits per heavy atom. The number of carbonyl (C=O) groups is 1. The number of nitrogens with zero attached hydrogens (tertiary/aromatic N) is 2. The van der Waals surface area contributed by atoms with E-state index >= 15 is 0 Å². The molecule has 4 nitrogen and oxygen atoms in total. The van der Waals surface area contributed by atoms with Gasteiger partial charge < -0.3 is 10.0 Å². The molecule has 0 aromatic carbocycles. The molecule has 1 unspecified atom stereocenters. The van der Waals surface area contributed by atoms with E-state index < -0.39 is 5.60 Å². The van der Waals surface area contributed by atoms with Crippen LogP contribution >= 0.6 is 11.3 Å². The van der Waals surface area contributed by atoms with E-state index in [1.54, 1.807) is 24.9 Å². The second-order valence-corrected chi connectivity index (χ2v) is 7.09. The summed E-state index contributed by atoms with van der Waals surface area (Å²) in [6, 6.07) is -0.0930. The van der Waals surface area contributed by atoms with Gasteiger partial charge in [-0.15, -0.1) is 11.3 Å². The maximum atomic E-state index is 12.5. The van der Waals surface area contributed by atoms with Gasteiger partial charge in [-0.25, -0.2) is 4.98 Å². The smallest absolute Gasteiger partial charge is 0.265 e. The second kappa shape index (κ2) is 5.21. The molecule has 5 heteroatoms. The molecular formula is C14H22N2O2S. The lowest BCUT2D eigenvalue weighted by molar-refractivity contribution is 0.000510. The standard InChI is InChI=1S/C14H22N2O2S/c1-9(2)12-15-8-10(19-12)13(17)16-7-5-6-11(16)14(3,4)18/h8-9,11,18H,5-7H2,1-4H3. The van der Waals surface area contributed by atoms with Crippen LogP contribution in [0.15, 0.2) is 6.20 Å². The SMILES string of the molecule is CC(C)c1ncc(C(=O)N2CCCC2C(C)(C)O)s1. The molecule has 106 valence electrons. The van der Waals surface area contributed by atoms with Gasteiger partial charge in [-0.3, -0.25) is 4.79 Å². The maximum absolute atomic E-state index is 12.5. The Balaban J connectivity index is 2.18.